The van der Waals surface area contributed by atoms with Gasteiger partial charge in [0.1, 0.15) is 0 Å². The zero-order valence-electron chi connectivity index (χ0n) is 13.0. The molecule has 0 aliphatic heterocycles. The second kappa shape index (κ2) is 6.75. The van der Waals surface area contributed by atoms with Gasteiger partial charge in [0.15, 0.2) is 5.11 Å². The van der Waals surface area contributed by atoms with Crippen molar-refractivity contribution in [1.82, 2.24) is 10.6 Å². The maximum Gasteiger partial charge on any atom is 0.238 e. The number of hydrogen-bond donors (Lipinski definition) is 3. The molecule has 3 atom stereocenters. The molecule has 1 aromatic rings. The number of sulfonamides is 1. The molecule has 0 radical (unpaired) electrons. The Morgan fingerprint density at radius 2 is 1.96 bits per heavy atom. The summed E-state index contributed by atoms with van der Waals surface area (Å²) >= 11 is 5.37. The summed E-state index contributed by atoms with van der Waals surface area (Å²) in [6.07, 6.45) is 6.11. The monoisotopic (exact) mass is 353 g/mol. The number of nitrogens with two attached hydrogens (primary N) is 1. The number of rotatable bonds is 5. The summed E-state index contributed by atoms with van der Waals surface area (Å²) in [5, 5.41) is 12.5. The summed E-state index contributed by atoms with van der Waals surface area (Å²) in [7, 11) is -3.62. The van der Waals surface area contributed by atoms with Gasteiger partial charge in [0.25, 0.3) is 0 Å². The fraction of sp³-hybridized carbons (Fsp3) is 0.562. The van der Waals surface area contributed by atoms with Crippen LogP contribution in [-0.4, -0.2) is 26.1 Å². The van der Waals surface area contributed by atoms with Gasteiger partial charge in [-0.05, 0) is 67.4 Å². The lowest BCUT2D eigenvalue weighted by molar-refractivity contribution is 0.389. The molecule has 7 heteroatoms. The van der Waals surface area contributed by atoms with Gasteiger partial charge in [-0.2, -0.15) is 0 Å². The smallest absolute Gasteiger partial charge is 0.238 e. The molecule has 2 fully saturated rings. The highest BCUT2D eigenvalue weighted by atomic mass is 32.2. The average Bonchev–Trinajstić information content (AvgIpc) is 3.09. The molecular weight excluding hydrogens is 330 g/mol. The highest BCUT2D eigenvalue weighted by molar-refractivity contribution is 7.89. The minimum absolute atomic E-state index is 0.141. The highest BCUT2D eigenvalue weighted by Crippen LogP contribution is 2.44. The fourth-order valence-corrected chi connectivity index (χ4v) is 4.58. The van der Waals surface area contributed by atoms with Gasteiger partial charge in [-0.15, -0.1) is 0 Å². The van der Waals surface area contributed by atoms with E-state index in [0.717, 1.165) is 35.5 Å². The maximum atomic E-state index is 11.2. The molecular formula is C16H23N3O2S2. The third-order valence-corrected chi connectivity index (χ3v) is 6.20. The van der Waals surface area contributed by atoms with Crippen LogP contribution in [0.15, 0.2) is 29.2 Å². The number of hydrogen-bond acceptors (Lipinski definition) is 3. The molecule has 2 bridgehead atoms. The quantitative estimate of drug-likeness (QED) is 0.699. The van der Waals surface area contributed by atoms with Crippen molar-refractivity contribution in [3.63, 3.8) is 0 Å². The number of nitrogens with one attached hydrogen (secondary N) is 2. The van der Waals surface area contributed by atoms with E-state index in [1.54, 1.807) is 12.1 Å². The minimum Gasteiger partial charge on any atom is -0.362 e. The van der Waals surface area contributed by atoms with Crippen LogP contribution >= 0.6 is 12.2 Å². The van der Waals surface area contributed by atoms with Gasteiger partial charge in [0.2, 0.25) is 10.0 Å². The Morgan fingerprint density at radius 1 is 1.22 bits per heavy atom. The van der Waals surface area contributed by atoms with E-state index < -0.39 is 10.0 Å². The third kappa shape index (κ3) is 4.22. The van der Waals surface area contributed by atoms with Gasteiger partial charge in [0, 0.05) is 12.6 Å². The predicted molar refractivity (Wildman–Crippen MR) is 94.5 cm³/mol. The largest absolute Gasteiger partial charge is 0.362 e. The van der Waals surface area contributed by atoms with E-state index in [0.29, 0.717) is 6.04 Å². The first-order valence-corrected chi connectivity index (χ1v) is 10.0. The molecule has 0 heterocycles. The number of primary sulfonamides is 1. The highest BCUT2D eigenvalue weighted by Gasteiger charge is 2.39. The summed E-state index contributed by atoms with van der Waals surface area (Å²) in [5.74, 6) is 1.70. The summed E-state index contributed by atoms with van der Waals surface area (Å²) in [6, 6.07) is 7.19. The Morgan fingerprint density at radius 3 is 2.52 bits per heavy atom. The van der Waals surface area contributed by atoms with Gasteiger partial charge in [-0.1, -0.05) is 18.6 Å². The van der Waals surface area contributed by atoms with Crippen molar-refractivity contribution in [2.45, 2.75) is 43.0 Å². The molecule has 126 valence electrons. The SMILES string of the molecule is NS(=O)(=O)c1ccc(CCNC(=S)N[C@H]2C[C@H]3CC[C@H]2C3)cc1. The van der Waals surface area contributed by atoms with E-state index in [2.05, 4.69) is 10.6 Å². The third-order valence-electron chi connectivity index (χ3n) is 5.01. The first-order valence-electron chi connectivity index (χ1n) is 8.08. The van der Waals surface area contributed by atoms with Crippen LogP contribution in [0.3, 0.4) is 0 Å². The second-order valence-electron chi connectivity index (χ2n) is 6.62. The van der Waals surface area contributed by atoms with Gasteiger partial charge in [0.05, 0.1) is 4.90 Å². The van der Waals surface area contributed by atoms with Crippen molar-refractivity contribution < 1.29 is 8.42 Å². The van der Waals surface area contributed by atoms with E-state index in [9.17, 15) is 8.42 Å². The molecule has 23 heavy (non-hydrogen) atoms. The molecule has 0 unspecified atom stereocenters. The number of fused-ring (bicyclic) bond motifs is 2. The van der Waals surface area contributed by atoms with Gasteiger partial charge in [-0.3, -0.25) is 0 Å². The molecule has 3 rings (SSSR count). The minimum atomic E-state index is -3.62. The first-order chi connectivity index (χ1) is 10.9. The van der Waals surface area contributed by atoms with Crippen molar-refractivity contribution in [3.8, 4) is 0 Å². The van der Waals surface area contributed by atoms with Crippen LogP contribution in [0.5, 0.6) is 0 Å². The summed E-state index contributed by atoms with van der Waals surface area (Å²) in [5.41, 5.74) is 1.05. The van der Waals surface area contributed by atoms with Gasteiger partial charge >= 0.3 is 0 Å². The van der Waals surface area contributed by atoms with Crippen LogP contribution in [0.25, 0.3) is 0 Å². The Bertz CT molecular complexity index is 673. The zero-order valence-corrected chi connectivity index (χ0v) is 14.6. The lowest BCUT2D eigenvalue weighted by Gasteiger charge is -2.24. The second-order valence-corrected chi connectivity index (χ2v) is 8.59. The summed E-state index contributed by atoms with van der Waals surface area (Å²) in [4.78, 5) is 0.141. The van der Waals surface area contributed by atoms with E-state index >= 15 is 0 Å². The Kier molecular flexibility index (Phi) is 4.89. The van der Waals surface area contributed by atoms with Crippen molar-refractivity contribution in [2.24, 2.45) is 17.0 Å². The van der Waals surface area contributed by atoms with E-state index in [-0.39, 0.29) is 4.90 Å². The molecule has 5 nitrogen and oxygen atoms in total. The maximum absolute atomic E-state index is 11.2. The summed E-state index contributed by atoms with van der Waals surface area (Å²) < 4.78 is 22.4. The molecule has 0 saturated heterocycles. The molecule has 0 aromatic heterocycles. The number of thiocarbonyl (C=S) groups is 1. The molecule has 1 aromatic carbocycles. The van der Waals surface area contributed by atoms with Crippen molar-refractivity contribution in [2.75, 3.05) is 6.54 Å². The summed E-state index contributed by atoms with van der Waals surface area (Å²) in [6.45, 7) is 0.724. The van der Waals surface area contributed by atoms with Crippen LogP contribution < -0.4 is 15.8 Å². The topological polar surface area (TPSA) is 84.2 Å². The molecule has 2 aliphatic carbocycles. The first kappa shape index (κ1) is 16.7. The van der Waals surface area contributed by atoms with Crippen LogP contribution in [-0.2, 0) is 16.4 Å². The Labute approximate surface area is 143 Å². The molecule has 4 N–H and O–H groups in total. The van der Waals surface area contributed by atoms with Gasteiger partial charge < -0.3 is 10.6 Å². The van der Waals surface area contributed by atoms with E-state index in [1.165, 1.54) is 37.8 Å². The van der Waals surface area contributed by atoms with Crippen LogP contribution in [0.1, 0.15) is 31.2 Å². The van der Waals surface area contributed by atoms with Crippen molar-refractivity contribution >= 4 is 27.4 Å². The van der Waals surface area contributed by atoms with Crippen LogP contribution in [0, 0.1) is 11.8 Å². The normalized spacial score (nSPS) is 26.2. The van der Waals surface area contributed by atoms with Crippen LogP contribution in [0.2, 0.25) is 0 Å². The Balaban J connectivity index is 1.41. The van der Waals surface area contributed by atoms with E-state index in [1.807, 2.05) is 0 Å². The molecule has 0 amide bonds. The lowest BCUT2D eigenvalue weighted by Crippen LogP contribution is -2.44. The standard InChI is InChI=1S/C16H23N3O2S2/c17-23(20,21)14-5-2-11(3-6-14)7-8-18-16(22)19-15-10-12-1-4-13(15)9-12/h2-3,5-6,12-13,15H,1,4,7-10H2,(H2,17,20,21)(H2,18,19,22)/t12-,13-,15-/m0/s1. The molecule has 2 saturated carbocycles. The lowest BCUT2D eigenvalue weighted by atomic mass is 9.96. The van der Waals surface area contributed by atoms with Crippen molar-refractivity contribution in [3.05, 3.63) is 29.8 Å². The number of benzene rings is 1. The van der Waals surface area contributed by atoms with Gasteiger partial charge in [-0.25, -0.2) is 13.6 Å². The average molecular weight is 354 g/mol. The van der Waals surface area contributed by atoms with Crippen molar-refractivity contribution in [1.29, 1.82) is 0 Å². The molecule has 0 spiro atoms. The van der Waals surface area contributed by atoms with Crippen LogP contribution in [0.4, 0.5) is 0 Å². The predicted octanol–water partition coefficient (Wildman–Crippen LogP) is 1.53. The Hall–Kier alpha value is -1.18. The fourth-order valence-electron chi connectivity index (χ4n) is 3.81. The zero-order chi connectivity index (χ0) is 16.4. The van der Waals surface area contributed by atoms with E-state index in [4.69, 9.17) is 17.4 Å². The molecule has 2 aliphatic rings.